The Morgan fingerprint density at radius 2 is 1.91 bits per heavy atom. The molecule has 122 valence electrons. The van der Waals surface area contributed by atoms with Crippen LogP contribution in [0, 0.1) is 0 Å². The van der Waals surface area contributed by atoms with Crippen LogP contribution in [0.25, 0.3) is 0 Å². The average molecular weight is 316 g/mol. The number of alkyl halides is 3. The summed E-state index contributed by atoms with van der Waals surface area (Å²) >= 11 is 0. The van der Waals surface area contributed by atoms with Crippen molar-refractivity contribution >= 4 is 5.90 Å². The highest BCUT2D eigenvalue weighted by Crippen LogP contribution is 2.26. The standard InChI is InChI=1S/C15H19F3N2O2/c1-2-3-4-5-6-13-19-14(20-22-13)11-7-9-12(10-8-11)21-15(16,17)18/h7-10,14,20H,2-6H2,1H3. The molecule has 1 unspecified atom stereocenters. The van der Waals surface area contributed by atoms with Crippen LogP contribution in [0.15, 0.2) is 29.3 Å². The average Bonchev–Trinajstić information content (AvgIpc) is 2.91. The van der Waals surface area contributed by atoms with Crippen molar-refractivity contribution < 1.29 is 22.7 Å². The molecule has 2 rings (SSSR count). The molecule has 0 aromatic heterocycles. The van der Waals surface area contributed by atoms with Gasteiger partial charge < -0.3 is 9.57 Å². The highest BCUT2D eigenvalue weighted by Gasteiger charge is 2.31. The van der Waals surface area contributed by atoms with E-state index in [2.05, 4.69) is 22.1 Å². The number of ether oxygens (including phenoxy) is 1. The molecule has 4 nitrogen and oxygen atoms in total. The normalized spacial score (nSPS) is 18.0. The fourth-order valence-electron chi connectivity index (χ4n) is 2.13. The third-order valence-corrected chi connectivity index (χ3v) is 3.24. The summed E-state index contributed by atoms with van der Waals surface area (Å²) in [7, 11) is 0. The van der Waals surface area contributed by atoms with Gasteiger partial charge in [0.1, 0.15) is 5.75 Å². The first kappa shape index (κ1) is 16.6. The predicted molar refractivity (Wildman–Crippen MR) is 76.3 cm³/mol. The molecule has 1 heterocycles. The lowest BCUT2D eigenvalue weighted by atomic mass is 10.1. The number of nitrogens with zero attached hydrogens (tertiary/aromatic N) is 1. The van der Waals surface area contributed by atoms with E-state index in [0.29, 0.717) is 5.90 Å². The van der Waals surface area contributed by atoms with Crippen molar-refractivity contribution in [3.63, 3.8) is 0 Å². The molecule has 0 fully saturated rings. The first-order valence-corrected chi connectivity index (χ1v) is 7.32. The zero-order valence-electron chi connectivity index (χ0n) is 12.3. The van der Waals surface area contributed by atoms with Gasteiger partial charge in [0.15, 0.2) is 6.17 Å². The van der Waals surface area contributed by atoms with Gasteiger partial charge in [0.25, 0.3) is 0 Å². The number of benzene rings is 1. The minimum atomic E-state index is -4.68. The Bertz CT molecular complexity index is 501. The smallest absolute Gasteiger partial charge is 0.406 e. The van der Waals surface area contributed by atoms with Gasteiger partial charge in [-0.25, -0.2) is 4.99 Å². The van der Waals surface area contributed by atoms with Crippen molar-refractivity contribution in [1.82, 2.24) is 5.48 Å². The molecule has 0 radical (unpaired) electrons. The number of hydroxylamine groups is 1. The summed E-state index contributed by atoms with van der Waals surface area (Å²) in [5.74, 6) is 0.385. The maximum Gasteiger partial charge on any atom is 0.573 e. The lowest BCUT2D eigenvalue weighted by Crippen LogP contribution is -2.17. The Hall–Kier alpha value is -1.76. The maximum atomic E-state index is 12.1. The molecule has 0 aliphatic carbocycles. The van der Waals surface area contributed by atoms with Crippen LogP contribution in [-0.4, -0.2) is 12.3 Å². The van der Waals surface area contributed by atoms with Crippen LogP contribution in [0.5, 0.6) is 5.75 Å². The topological polar surface area (TPSA) is 42.8 Å². The summed E-state index contributed by atoms with van der Waals surface area (Å²) in [4.78, 5) is 9.68. The van der Waals surface area contributed by atoms with E-state index in [4.69, 9.17) is 4.84 Å². The van der Waals surface area contributed by atoms with Crippen molar-refractivity contribution in [2.24, 2.45) is 4.99 Å². The molecule has 22 heavy (non-hydrogen) atoms. The van der Waals surface area contributed by atoms with Crippen LogP contribution in [0.1, 0.15) is 50.8 Å². The van der Waals surface area contributed by atoms with E-state index < -0.39 is 6.36 Å². The summed E-state index contributed by atoms with van der Waals surface area (Å²) in [6, 6.07) is 5.59. The first-order valence-electron chi connectivity index (χ1n) is 7.32. The maximum absolute atomic E-state index is 12.1. The zero-order chi connectivity index (χ0) is 16.0. The molecule has 1 aromatic rings. The molecule has 1 aliphatic rings. The molecule has 1 atom stereocenters. The highest BCUT2D eigenvalue weighted by molar-refractivity contribution is 5.77. The quantitative estimate of drug-likeness (QED) is 0.754. The number of hydrogen-bond acceptors (Lipinski definition) is 4. The Balaban J connectivity index is 1.88. The van der Waals surface area contributed by atoms with E-state index in [-0.39, 0.29) is 11.9 Å². The summed E-state index contributed by atoms with van der Waals surface area (Å²) in [6.07, 6.45) is 0.192. The number of nitrogens with one attached hydrogen (secondary N) is 1. The summed E-state index contributed by atoms with van der Waals surface area (Å²) in [5.41, 5.74) is 3.49. The number of aliphatic imine (C=N–C) groups is 1. The molecular weight excluding hydrogens is 297 g/mol. The monoisotopic (exact) mass is 316 g/mol. The van der Waals surface area contributed by atoms with Crippen molar-refractivity contribution in [3.05, 3.63) is 29.8 Å². The number of halogens is 3. The van der Waals surface area contributed by atoms with Crippen LogP contribution in [0.3, 0.4) is 0 Å². The summed E-state index contributed by atoms with van der Waals surface area (Å²) in [6.45, 7) is 2.15. The Labute approximate surface area is 127 Å². The number of rotatable bonds is 7. The van der Waals surface area contributed by atoms with E-state index in [1.165, 1.54) is 37.1 Å². The molecule has 1 aromatic carbocycles. The first-order chi connectivity index (χ1) is 10.5. The van der Waals surface area contributed by atoms with Gasteiger partial charge >= 0.3 is 6.36 Å². The second-order valence-electron chi connectivity index (χ2n) is 5.07. The molecule has 7 heteroatoms. The van der Waals surface area contributed by atoms with Crippen molar-refractivity contribution in [1.29, 1.82) is 0 Å². The van der Waals surface area contributed by atoms with Crippen molar-refractivity contribution in [2.75, 3.05) is 0 Å². The minimum Gasteiger partial charge on any atom is -0.406 e. The second-order valence-corrected chi connectivity index (χ2v) is 5.07. The highest BCUT2D eigenvalue weighted by atomic mass is 19.4. The van der Waals surface area contributed by atoms with Crippen LogP contribution >= 0.6 is 0 Å². The Morgan fingerprint density at radius 1 is 1.18 bits per heavy atom. The number of hydrogen-bond donors (Lipinski definition) is 1. The van der Waals surface area contributed by atoms with Gasteiger partial charge in [-0.15, -0.1) is 18.7 Å². The molecule has 0 spiro atoms. The zero-order valence-corrected chi connectivity index (χ0v) is 12.3. The Kier molecular flexibility index (Phi) is 5.65. The predicted octanol–water partition coefficient (Wildman–Crippen LogP) is 4.49. The SMILES string of the molecule is CCCCCCC1=NC(c2ccc(OC(F)(F)F)cc2)NO1. The molecule has 1 N–H and O–H groups in total. The van der Waals surface area contributed by atoms with E-state index in [1.807, 2.05) is 0 Å². The molecular formula is C15H19F3N2O2. The fourth-order valence-corrected chi connectivity index (χ4v) is 2.13. The second kappa shape index (κ2) is 7.49. The fraction of sp³-hybridized carbons (Fsp3) is 0.533. The van der Waals surface area contributed by atoms with E-state index >= 15 is 0 Å². The molecule has 0 amide bonds. The third-order valence-electron chi connectivity index (χ3n) is 3.24. The van der Waals surface area contributed by atoms with Gasteiger partial charge in [0, 0.05) is 6.42 Å². The van der Waals surface area contributed by atoms with Gasteiger partial charge in [-0.1, -0.05) is 38.3 Å². The van der Waals surface area contributed by atoms with E-state index in [1.54, 1.807) is 0 Å². The van der Waals surface area contributed by atoms with Crippen molar-refractivity contribution in [3.8, 4) is 5.75 Å². The van der Waals surface area contributed by atoms with E-state index in [0.717, 1.165) is 24.8 Å². The van der Waals surface area contributed by atoms with Crippen LogP contribution in [-0.2, 0) is 4.84 Å². The van der Waals surface area contributed by atoms with Gasteiger partial charge in [-0.2, -0.15) is 0 Å². The van der Waals surface area contributed by atoms with Crippen LogP contribution < -0.4 is 10.2 Å². The molecule has 0 bridgehead atoms. The summed E-state index contributed by atoms with van der Waals surface area (Å²) in [5, 5.41) is 0. The lowest BCUT2D eigenvalue weighted by Gasteiger charge is -2.10. The van der Waals surface area contributed by atoms with E-state index in [9.17, 15) is 13.2 Å². The molecule has 1 aliphatic heterocycles. The Morgan fingerprint density at radius 3 is 2.55 bits per heavy atom. The summed E-state index contributed by atoms with van der Waals surface area (Å²) < 4.78 is 40.1. The van der Waals surface area contributed by atoms with Gasteiger partial charge in [-0.05, 0) is 24.1 Å². The largest absolute Gasteiger partial charge is 0.573 e. The van der Waals surface area contributed by atoms with Gasteiger partial charge in [-0.3, -0.25) is 0 Å². The van der Waals surface area contributed by atoms with Gasteiger partial charge in [0.2, 0.25) is 5.90 Å². The molecule has 0 saturated heterocycles. The van der Waals surface area contributed by atoms with Crippen LogP contribution in [0.4, 0.5) is 13.2 Å². The van der Waals surface area contributed by atoms with Crippen LogP contribution in [0.2, 0.25) is 0 Å². The number of unbranched alkanes of at least 4 members (excludes halogenated alkanes) is 3. The lowest BCUT2D eigenvalue weighted by molar-refractivity contribution is -0.274. The minimum absolute atomic E-state index is 0.251. The third kappa shape index (κ3) is 5.22. The molecule has 0 saturated carbocycles. The van der Waals surface area contributed by atoms with Gasteiger partial charge in [0.05, 0.1) is 0 Å². The van der Waals surface area contributed by atoms with Crippen molar-refractivity contribution in [2.45, 2.75) is 51.6 Å².